The minimum absolute atomic E-state index is 0.0580. The van der Waals surface area contributed by atoms with Crippen molar-refractivity contribution in [2.75, 3.05) is 34.0 Å². The lowest BCUT2D eigenvalue weighted by Crippen LogP contribution is -2.49. The molecule has 0 amide bonds. The predicted octanol–water partition coefficient (Wildman–Crippen LogP) is 4.82. The number of rotatable bonds is 12. The van der Waals surface area contributed by atoms with Crippen molar-refractivity contribution in [3.63, 3.8) is 0 Å². The summed E-state index contributed by atoms with van der Waals surface area (Å²) in [5.41, 5.74) is 1.19. The van der Waals surface area contributed by atoms with Crippen LogP contribution in [0.15, 0.2) is 24.3 Å². The van der Waals surface area contributed by atoms with Crippen LogP contribution in [0.4, 0.5) is 0 Å². The summed E-state index contributed by atoms with van der Waals surface area (Å²) < 4.78 is 22.9. The highest BCUT2D eigenvalue weighted by Gasteiger charge is 2.41. The van der Waals surface area contributed by atoms with Gasteiger partial charge in [-0.1, -0.05) is 45.4 Å². The molecular weight excluding hydrogens is 332 g/mol. The molecule has 0 bridgehead atoms. The fourth-order valence-electron chi connectivity index (χ4n) is 2.32. The highest BCUT2D eigenvalue weighted by molar-refractivity contribution is 6.74. The standard InChI is InChI=1S/C20H40O4Si/c1-11-18(22-8)19(24-25(9,10)20(4,5)6)17(3)14-16(2)15-23-13-12-21-7/h11,14,17-19H,1,12-13,15H2,2-10H3/b16-14-/t17-,18+,19+/m1/s1. The number of hydrogen-bond donors (Lipinski definition) is 0. The van der Waals surface area contributed by atoms with Crippen molar-refractivity contribution in [2.24, 2.45) is 5.92 Å². The summed E-state index contributed by atoms with van der Waals surface area (Å²) in [6, 6.07) is 0. The lowest BCUT2D eigenvalue weighted by Gasteiger charge is -2.42. The molecule has 0 aromatic heterocycles. The Hall–Kier alpha value is -0.463. The summed E-state index contributed by atoms with van der Waals surface area (Å²) in [5, 5.41) is 0.145. The fourth-order valence-corrected chi connectivity index (χ4v) is 3.70. The van der Waals surface area contributed by atoms with Gasteiger partial charge in [0.2, 0.25) is 0 Å². The van der Waals surface area contributed by atoms with Gasteiger partial charge in [0, 0.05) is 20.1 Å². The van der Waals surface area contributed by atoms with Crippen LogP contribution in [0.2, 0.25) is 18.1 Å². The normalized spacial score (nSPS) is 17.2. The second-order valence-corrected chi connectivity index (χ2v) is 13.0. The lowest BCUT2D eigenvalue weighted by atomic mass is 9.97. The number of methoxy groups -OCH3 is 2. The van der Waals surface area contributed by atoms with Gasteiger partial charge in [0.15, 0.2) is 8.32 Å². The molecule has 4 nitrogen and oxygen atoms in total. The Morgan fingerprint density at radius 1 is 1.16 bits per heavy atom. The van der Waals surface area contributed by atoms with Crippen LogP contribution in [0.1, 0.15) is 34.6 Å². The smallest absolute Gasteiger partial charge is 0.192 e. The van der Waals surface area contributed by atoms with Gasteiger partial charge >= 0.3 is 0 Å². The zero-order valence-electron chi connectivity index (χ0n) is 17.8. The van der Waals surface area contributed by atoms with Gasteiger partial charge < -0.3 is 18.6 Å². The third kappa shape index (κ3) is 8.64. The van der Waals surface area contributed by atoms with Gasteiger partial charge in [-0.2, -0.15) is 0 Å². The zero-order chi connectivity index (χ0) is 19.7. The van der Waals surface area contributed by atoms with Crippen LogP contribution < -0.4 is 0 Å². The molecule has 0 N–H and O–H groups in total. The van der Waals surface area contributed by atoms with Crippen LogP contribution in [0.3, 0.4) is 0 Å². The summed E-state index contributed by atoms with van der Waals surface area (Å²) in [6.07, 6.45) is 3.87. The van der Waals surface area contributed by atoms with E-state index in [9.17, 15) is 0 Å². The minimum Gasteiger partial charge on any atom is -0.410 e. The quantitative estimate of drug-likeness (QED) is 0.279. The molecule has 3 atom stereocenters. The van der Waals surface area contributed by atoms with E-state index in [0.29, 0.717) is 19.8 Å². The van der Waals surface area contributed by atoms with Crippen molar-refractivity contribution in [1.29, 1.82) is 0 Å². The Morgan fingerprint density at radius 2 is 1.76 bits per heavy atom. The average molecular weight is 373 g/mol. The van der Waals surface area contributed by atoms with E-state index < -0.39 is 8.32 Å². The van der Waals surface area contributed by atoms with Gasteiger partial charge in [-0.3, -0.25) is 0 Å². The predicted molar refractivity (Wildman–Crippen MR) is 109 cm³/mol. The van der Waals surface area contributed by atoms with E-state index in [1.165, 1.54) is 5.57 Å². The molecule has 25 heavy (non-hydrogen) atoms. The van der Waals surface area contributed by atoms with E-state index in [-0.39, 0.29) is 23.2 Å². The molecule has 0 saturated carbocycles. The molecule has 0 aromatic carbocycles. The van der Waals surface area contributed by atoms with Crippen LogP contribution in [-0.2, 0) is 18.6 Å². The Morgan fingerprint density at radius 3 is 2.20 bits per heavy atom. The molecule has 0 saturated heterocycles. The van der Waals surface area contributed by atoms with Gasteiger partial charge in [0.05, 0.1) is 25.9 Å². The molecule has 0 aliphatic rings. The monoisotopic (exact) mass is 372 g/mol. The number of hydrogen-bond acceptors (Lipinski definition) is 4. The van der Waals surface area contributed by atoms with Crippen molar-refractivity contribution in [2.45, 2.75) is 65.0 Å². The first-order chi connectivity index (χ1) is 11.5. The third-order valence-corrected chi connectivity index (χ3v) is 9.37. The minimum atomic E-state index is -1.92. The molecule has 0 spiro atoms. The van der Waals surface area contributed by atoms with Crippen molar-refractivity contribution in [3.05, 3.63) is 24.3 Å². The van der Waals surface area contributed by atoms with Gasteiger partial charge in [-0.15, -0.1) is 6.58 Å². The third-order valence-electron chi connectivity index (χ3n) is 4.89. The summed E-state index contributed by atoms with van der Waals surface area (Å²) in [7, 11) is 1.47. The molecule has 0 aliphatic heterocycles. The molecular formula is C20H40O4Si. The first-order valence-electron chi connectivity index (χ1n) is 9.07. The highest BCUT2D eigenvalue weighted by Crippen LogP contribution is 2.39. The Kier molecular flexibility index (Phi) is 11.1. The topological polar surface area (TPSA) is 36.9 Å². The maximum atomic E-state index is 6.69. The van der Waals surface area contributed by atoms with Crippen molar-refractivity contribution in [3.8, 4) is 0 Å². The first kappa shape index (κ1) is 24.5. The van der Waals surface area contributed by atoms with E-state index in [1.807, 2.05) is 6.08 Å². The molecule has 5 heteroatoms. The van der Waals surface area contributed by atoms with Crippen molar-refractivity contribution >= 4 is 8.32 Å². The van der Waals surface area contributed by atoms with Crippen molar-refractivity contribution < 1.29 is 18.6 Å². The maximum Gasteiger partial charge on any atom is 0.192 e. The second kappa shape index (κ2) is 11.3. The highest BCUT2D eigenvalue weighted by atomic mass is 28.4. The van der Waals surface area contributed by atoms with Crippen LogP contribution in [-0.4, -0.2) is 54.6 Å². The second-order valence-electron chi connectivity index (χ2n) is 8.20. The number of ether oxygens (including phenoxy) is 3. The maximum absolute atomic E-state index is 6.69. The fraction of sp³-hybridized carbons (Fsp3) is 0.800. The Balaban J connectivity index is 5.18. The first-order valence-corrected chi connectivity index (χ1v) is 12.0. The van der Waals surface area contributed by atoms with Crippen LogP contribution in [0.25, 0.3) is 0 Å². The molecule has 0 heterocycles. The summed E-state index contributed by atoms with van der Waals surface area (Å²) >= 11 is 0. The molecule has 0 fully saturated rings. The summed E-state index contributed by atoms with van der Waals surface area (Å²) in [4.78, 5) is 0. The molecule has 148 valence electrons. The van der Waals surface area contributed by atoms with Crippen molar-refractivity contribution in [1.82, 2.24) is 0 Å². The SMILES string of the molecule is C=C[C@H](OC)[C@@H](O[Si](C)(C)C(C)(C)C)[C@H](C)/C=C(/C)COCCOC. The van der Waals surface area contributed by atoms with Crippen LogP contribution >= 0.6 is 0 Å². The molecule has 0 aliphatic carbocycles. The summed E-state index contributed by atoms with van der Waals surface area (Å²) in [5.74, 6) is 0.197. The van der Waals surface area contributed by atoms with Crippen LogP contribution in [0.5, 0.6) is 0 Å². The van der Waals surface area contributed by atoms with E-state index in [1.54, 1.807) is 14.2 Å². The van der Waals surface area contributed by atoms with Gasteiger partial charge in [0.1, 0.15) is 6.10 Å². The molecule has 0 radical (unpaired) electrons. The van der Waals surface area contributed by atoms with Crippen LogP contribution in [0, 0.1) is 5.92 Å². The molecule has 0 rings (SSSR count). The zero-order valence-corrected chi connectivity index (χ0v) is 18.8. The Bertz CT molecular complexity index is 412. The van der Waals surface area contributed by atoms with E-state index in [0.717, 1.165) is 0 Å². The lowest BCUT2D eigenvalue weighted by molar-refractivity contribution is 0.00575. The van der Waals surface area contributed by atoms with E-state index in [2.05, 4.69) is 60.4 Å². The molecule has 0 unspecified atom stereocenters. The van der Waals surface area contributed by atoms with E-state index in [4.69, 9.17) is 18.6 Å². The molecule has 0 aromatic rings. The van der Waals surface area contributed by atoms with Gasteiger partial charge in [-0.25, -0.2) is 0 Å². The van der Waals surface area contributed by atoms with Gasteiger partial charge in [-0.05, 0) is 25.1 Å². The average Bonchev–Trinajstić information content (AvgIpc) is 2.50. The van der Waals surface area contributed by atoms with Gasteiger partial charge in [0.25, 0.3) is 0 Å². The largest absolute Gasteiger partial charge is 0.410 e. The summed E-state index contributed by atoms with van der Waals surface area (Å²) in [6.45, 7) is 21.3. The Labute approximate surface area is 156 Å². The van der Waals surface area contributed by atoms with E-state index >= 15 is 0 Å².